The molecule has 25 heavy (non-hydrogen) atoms. The van der Waals surface area contributed by atoms with Gasteiger partial charge < -0.3 is 10.1 Å². The van der Waals surface area contributed by atoms with Gasteiger partial charge in [-0.1, -0.05) is 38.1 Å². The molecule has 0 saturated carbocycles. The molecule has 0 saturated heterocycles. The van der Waals surface area contributed by atoms with Gasteiger partial charge in [0.15, 0.2) is 11.6 Å². The Labute approximate surface area is 149 Å². The van der Waals surface area contributed by atoms with E-state index in [0.29, 0.717) is 30.9 Å². The van der Waals surface area contributed by atoms with Crippen LogP contribution in [0.4, 0.5) is 10.1 Å². The Hall–Kier alpha value is -2.07. The average Bonchev–Trinajstić information content (AvgIpc) is 3.04. The highest BCUT2D eigenvalue weighted by atomic mass is 19.1. The van der Waals surface area contributed by atoms with E-state index in [2.05, 4.69) is 49.2 Å². The van der Waals surface area contributed by atoms with Gasteiger partial charge in [0.2, 0.25) is 0 Å². The predicted molar refractivity (Wildman–Crippen MR) is 100 cm³/mol. The van der Waals surface area contributed by atoms with Crippen molar-refractivity contribution in [1.82, 2.24) is 4.90 Å². The first kappa shape index (κ1) is 17.7. The second-order valence-corrected chi connectivity index (χ2v) is 7.04. The van der Waals surface area contributed by atoms with E-state index in [-0.39, 0.29) is 5.82 Å². The van der Waals surface area contributed by atoms with Gasteiger partial charge in [0.25, 0.3) is 0 Å². The molecule has 1 aliphatic heterocycles. The number of benzene rings is 2. The average molecular weight is 342 g/mol. The first-order valence-electron chi connectivity index (χ1n) is 9.02. The number of hydrogen-bond donors (Lipinski definition) is 1. The Morgan fingerprint density at radius 1 is 1.08 bits per heavy atom. The zero-order valence-electron chi connectivity index (χ0n) is 15.3. The van der Waals surface area contributed by atoms with Gasteiger partial charge >= 0.3 is 0 Å². The summed E-state index contributed by atoms with van der Waals surface area (Å²) in [6.07, 6.45) is 0. The van der Waals surface area contributed by atoms with E-state index in [0.717, 1.165) is 18.8 Å². The Bertz CT molecular complexity index is 717. The normalized spacial score (nSPS) is 15.2. The number of nitrogens with zero attached hydrogens (tertiary/aromatic N) is 1. The summed E-state index contributed by atoms with van der Waals surface area (Å²) in [5, 5.41) is 3.45. The van der Waals surface area contributed by atoms with Crippen molar-refractivity contribution in [3.63, 3.8) is 0 Å². The summed E-state index contributed by atoms with van der Waals surface area (Å²) in [5.41, 5.74) is 3.93. The summed E-state index contributed by atoms with van der Waals surface area (Å²) in [4.78, 5) is 2.52. The number of halogens is 1. The number of rotatable bonds is 7. The van der Waals surface area contributed by atoms with E-state index in [1.165, 1.54) is 17.2 Å². The highest BCUT2D eigenvalue weighted by molar-refractivity contribution is 5.56. The summed E-state index contributed by atoms with van der Waals surface area (Å²) in [7, 11) is 0. The third-order valence-corrected chi connectivity index (χ3v) is 5.06. The molecule has 3 rings (SSSR count). The lowest BCUT2D eigenvalue weighted by Gasteiger charge is -2.27. The molecule has 0 aliphatic carbocycles. The first-order chi connectivity index (χ1) is 12.1. The van der Waals surface area contributed by atoms with Gasteiger partial charge in [0.05, 0.1) is 0 Å². The Kier molecular flexibility index (Phi) is 5.59. The quantitative estimate of drug-likeness (QED) is 0.740. The van der Waals surface area contributed by atoms with E-state index in [9.17, 15) is 4.39 Å². The van der Waals surface area contributed by atoms with Crippen LogP contribution in [0.2, 0.25) is 0 Å². The van der Waals surface area contributed by atoms with E-state index in [1.54, 1.807) is 18.2 Å². The molecular formula is C21H27FN2O. The maximum Gasteiger partial charge on any atom is 0.165 e. The van der Waals surface area contributed by atoms with Crippen molar-refractivity contribution in [2.45, 2.75) is 39.9 Å². The van der Waals surface area contributed by atoms with Crippen LogP contribution in [-0.2, 0) is 13.1 Å². The predicted octanol–water partition coefficient (Wildman–Crippen LogP) is 4.68. The van der Waals surface area contributed by atoms with Gasteiger partial charge in [0, 0.05) is 31.4 Å². The fourth-order valence-electron chi connectivity index (χ4n) is 3.23. The highest BCUT2D eigenvalue weighted by Crippen LogP contribution is 2.31. The van der Waals surface area contributed by atoms with E-state index >= 15 is 0 Å². The smallest absolute Gasteiger partial charge is 0.165 e. The minimum Gasteiger partial charge on any atom is -0.489 e. The molecule has 0 radical (unpaired) electrons. The molecule has 1 heterocycles. The maximum atomic E-state index is 13.6. The molecule has 1 unspecified atom stereocenters. The monoisotopic (exact) mass is 342 g/mol. The van der Waals surface area contributed by atoms with Crippen LogP contribution in [0, 0.1) is 11.7 Å². The number of hydrogen-bond acceptors (Lipinski definition) is 3. The number of anilines is 1. The minimum absolute atomic E-state index is 0.305. The first-order valence-corrected chi connectivity index (χ1v) is 9.02. The van der Waals surface area contributed by atoms with Crippen molar-refractivity contribution < 1.29 is 9.13 Å². The Balaban J connectivity index is 1.57. The van der Waals surface area contributed by atoms with Crippen molar-refractivity contribution in [3.05, 3.63) is 59.4 Å². The number of para-hydroxylation sites is 1. The van der Waals surface area contributed by atoms with Crippen LogP contribution in [0.1, 0.15) is 31.9 Å². The highest BCUT2D eigenvalue weighted by Gasteiger charge is 2.26. The van der Waals surface area contributed by atoms with Crippen LogP contribution in [0.5, 0.6) is 5.75 Å². The number of fused-ring (bicyclic) bond motifs is 1. The molecule has 134 valence electrons. The molecule has 0 bridgehead atoms. The van der Waals surface area contributed by atoms with Crippen LogP contribution in [0.15, 0.2) is 42.5 Å². The third-order valence-electron chi connectivity index (χ3n) is 5.06. The van der Waals surface area contributed by atoms with Crippen LogP contribution < -0.4 is 10.1 Å². The topological polar surface area (TPSA) is 24.5 Å². The molecule has 4 heteroatoms. The third kappa shape index (κ3) is 4.13. The van der Waals surface area contributed by atoms with Gasteiger partial charge in [-0.2, -0.15) is 0 Å². The minimum atomic E-state index is -0.318. The SMILES string of the molecule is CC(C)C(C)N1Cc2cccc(NCCOc3ccccc3F)c2C1. The molecule has 3 nitrogen and oxygen atoms in total. The van der Waals surface area contributed by atoms with Gasteiger partial charge in [-0.05, 0) is 42.2 Å². The summed E-state index contributed by atoms with van der Waals surface area (Å²) in [6, 6.07) is 13.5. The molecule has 0 fully saturated rings. The van der Waals surface area contributed by atoms with Gasteiger partial charge in [-0.25, -0.2) is 4.39 Å². The van der Waals surface area contributed by atoms with E-state index in [1.807, 2.05) is 0 Å². The largest absolute Gasteiger partial charge is 0.489 e. The number of ether oxygens (including phenoxy) is 1. The lowest BCUT2D eigenvalue weighted by atomic mass is 10.1. The van der Waals surface area contributed by atoms with Crippen LogP contribution >= 0.6 is 0 Å². The molecule has 0 amide bonds. The summed E-state index contributed by atoms with van der Waals surface area (Å²) >= 11 is 0. The molecule has 0 spiro atoms. The zero-order valence-corrected chi connectivity index (χ0v) is 15.3. The second-order valence-electron chi connectivity index (χ2n) is 7.04. The second kappa shape index (κ2) is 7.87. The van der Waals surface area contributed by atoms with Crippen molar-refractivity contribution in [2.24, 2.45) is 5.92 Å². The van der Waals surface area contributed by atoms with Crippen molar-refractivity contribution in [1.29, 1.82) is 0 Å². The maximum absolute atomic E-state index is 13.6. The van der Waals surface area contributed by atoms with Crippen molar-refractivity contribution in [2.75, 3.05) is 18.5 Å². The lowest BCUT2D eigenvalue weighted by Crippen LogP contribution is -2.32. The standard InChI is InChI=1S/C21H27FN2O/c1-15(2)16(3)24-13-17-7-6-9-20(18(17)14-24)23-11-12-25-21-10-5-4-8-19(21)22/h4-10,15-16,23H,11-14H2,1-3H3. The van der Waals surface area contributed by atoms with E-state index < -0.39 is 0 Å². The summed E-state index contributed by atoms with van der Waals surface area (Å²) in [6.45, 7) is 9.90. The van der Waals surface area contributed by atoms with Crippen molar-refractivity contribution >= 4 is 5.69 Å². The molecular weight excluding hydrogens is 315 g/mol. The van der Waals surface area contributed by atoms with Gasteiger partial charge in [-0.3, -0.25) is 4.90 Å². The van der Waals surface area contributed by atoms with Crippen LogP contribution in [-0.4, -0.2) is 24.1 Å². The fraction of sp³-hybridized carbons (Fsp3) is 0.429. The zero-order chi connectivity index (χ0) is 17.8. The Morgan fingerprint density at radius 3 is 2.64 bits per heavy atom. The molecule has 1 atom stereocenters. The van der Waals surface area contributed by atoms with Crippen LogP contribution in [0.3, 0.4) is 0 Å². The van der Waals surface area contributed by atoms with Gasteiger partial charge in [0.1, 0.15) is 6.61 Å². The molecule has 0 aromatic heterocycles. The molecule has 2 aromatic carbocycles. The number of nitrogens with one attached hydrogen (secondary N) is 1. The molecule has 1 aliphatic rings. The molecule has 2 aromatic rings. The lowest BCUT2D eigenvalue weighted by molar-refractivity contribution is 0.170. The Morgan fingerprint density at radius 2 is 1.88 bits per heavy atom. The summed E-state index contributed by atoms with van der Waals surface area (Å²) < 4.78 is 19.1. The fourth-order valence-corrected chi connectivity index (χ4v) is 3.23. The van der Waals surface area contributed by atoms with Crippen LogP contribution in [0.25, 0.3) is 0 Å². The van der Waals surface area contributed by atoms with Crippen molar-refractivity contribution in [3.8, 4) is 5.75 Å². The molecule has 1 N–H and O–H groups in total. The summed E-state index contributed by atoms with van der Waals surface area (Å²) in [5.74, 6) is 0.626. The van der Waals surface area contributed by atoms with E-state index in [4.69, 9.17) is 4.74 Å². The van der Waals surface area contributed by atoms with Gasteiger partial charge in [-0.15, -0.1) is 0 Å².